The molecule has 0 fully saturated rings. The Bertz CT molecular complexity index is 2220. The molecule has 3 heterocycles. The summed E-state index contributed by atoms with van der Waals surface area (Å²) in [5.41, 5.74) is 10.1. The molecule has 218 valence electrons. The third kappa shape index (κ3) is 4.10. The van der Waals surface area contributed by atoms with Crippen LogP contribution in [0, 0.1) is 13.8 Å². The fraction of sp³-hybridized carbons (Fsp3) is 0.220. The van der Waals surface area contributed by atoms with Crippen molar-refractivity contribution < 1.29 is 13.6 Å². The molecular weight excluding hydrogens is 536 g/mol. The normalized spacial score (nSPS) is 13.5. The second kappa shape index (κ2) is 10.2. The molecular formula is C41H40N2O+2. The molecule has 0 aliphatic heterocycles. The van der Waals surface area contributed by atoms with E-state index in [-0.39, 0.29) is 5.41 Å². The molecule has 1 unspecified atom stereocenters. The van der Waals surface area contributed by atoms with Crippen molar-refractivity contribution in [3.63, 3.8) is 0 Å². The van der Waals surface area contributed by atoms with Crippen molar-refractivity contribution in [2.45, 2.75) is 45.4 Å². The summed E-state index contributed by atoms with van der Waals surface area (Å²) in [6.07, 6.45) is 2.15. The van der Waals surface area contributed by atoms with Gasteiger partial charge in [0.1, 0.15) is 25.3 Å². The lowest BCUT2D eigenvalue weighted by Crippen LogP contribution is -2.53. The first-order valence-corrected chi connectivity index (χ1v) is 15.5. The van der Waals surface area contributed by atoms with Crippen LogP contribution in [0.3, 0.4) is 0 Å². The molecule has 0 saturated heterocycles. The van der Waals surface area contributed by atoms with E-state index < -0.39 is 5.41 Å². The maximum atomic E-state index is 6.59. The average Bonchev–Trinajstić information content (AvgIpc) is 3.38. The van der Waals surface area contributed by atoms with E-state index in [4.69, 9.17) is 4.42 Å². The average molecular weight is 577 g/mol. The Kier molecular flexibility index (Phi) is 6.48. The molecule has 3 heteroatoms. The van der Waals surface area contributed by atoms with Gasteiger partial charge in [-0.1, -0.05) is 60.7 Å². The molecule has 0 radical (unpaired) electrons. The monoisotopic (exact) mass is 576 g/mol. The van der Waals surface area contributed by atoms with E-state index in [2.05, 4.69) is 173 Å². The molecule has 3 nitrogen and oxygen atoms in total. The number of nitrogens with zero attached hydrogens (tertiary/aromatic N) is 2. The minimum atomic E-state index is -0.471. The molecule has 7 aromatic rings. The Morgan fingerprint density at radius 1 is 0.568 bits per heavy atom. The Hall–Kier alpha value is -4.76. The molecule has 0 spiro atoms. The Balaban J connectivity index is 1.53. The Morgan fingerprint density at radius 2 is 1.27 bits per heavy atom. The zero-order chi connectivity index (χ0) is 30.8. The molecule has 0 aliphatic rings. The van der Waals surface area contributed by atoms with E-state index >= 15 is 0 Å². The minimum absolute atomic E-state index is 0.198. The molecule has 7 rings (SSSR count). The smallest absolute Gasteiger partial charge is 0.202 e. The van der Waals surface area contributed by atoms with Gasteiger partial charge in [0.2, 0.25) is 11.4 Å². The molecule has 0 aliphatic carbocycles. The van der Waals surface area contributed by atoms with Crippen LogP contribution in [0.2, 0.25) is 0 Å². The van der Waals surface area contributed by atoms with Gasteiger partial charge in [0.05, 0.1) is 5.41 Å². The first kappa shape index (κ1) is 28.0. The molecule has 0 amide bonds. The van der Waals surface area contributed by atoms with Crippen LogP contribution in [0.25, 0.3) is 32.7 Å². The SMILES string of the molecule is Cc1ccccc1C(C)(C)c1cccc(C(C)(c2cc3c(cc2C)oc2c4ccccc4ccc32)c2cccc[n+]2C)[n+]1C. The van der Waals surface area contributed by atoms with Gasteiger partial charge in [-0.3, -0.25) is 0 Å². The van der Waals surface area contributed by atoms with Crippen molar-refractivity contribution in [3.8, 4) is 0 Å². The summed E-state index contributed by atoms with van der Waals surface area (Å²) in [4.78, 5) is 0. The van der Waals surface area contributed by atoms with Crippen LogP contribution >= 0.6 is 0 Å². The number of rotatable bonds is 5. The summed E-state index contributed by atoms with van der Waals surface area (Å²) in [7, 11) is 4.39. The summed E-state index contributed by atoms with van der Waals surface area (Å²) in [6.45, 7) is 11.5. The van der Waals surface area contributed by atoms with Crippen molar-refractivity contribution in [1.82, 2.24) is 0 Å². The van der Waals surface area contributed by atoms with Gasteiger partial charge in [-0.05, 0) is 86.5 Å². The number of aromatic nitrogens is 2. The number of benzene rings is 4. The zero-order valence-electron chi connectivity index (χ0n) is 26.8. The number of pyridine rings is 2. The van der Waals surface area contributed by atoms with Crippen molar-refractivity contribution in [2.75, 3.05) is 0 Å². The van der Waals surface area contributed by atoms with Gasteiger partial charge in [-0.15, -0.1) is 0 Å². The van der Waals surface area contributed by atoms with Crippen molar-refractivity contribution in [3.05, 3.63) is 155 Å². The van der Waals surface area contributed by atoms with E-state index in [0.717, 1.165) is 27.3 Å². The predicted octanol–water partition coefficient (Wildman–Crippen LogP) is 8.69. The molecule has 0 N–H and O–H groups in total. The molecule has 3 aromatic heterocycles. The van der Waals surface area contributed by atoms with Crippen LogP contribution in [0.1, 0.15) is 60.1 Å². The van der Waals surface area contributed by atoms with Gasteiger partial charge in [-0.25, -0.2) is 9.13 Å². The Labute approximate surface area is 260 Å². The highest BCUT2D eigenvalue weighted by Gasteiger charge is 2.47. The second-order valence-electron chi connectivity index (χ2n) is 13.0. The van der Waals surface area contributed by atoms with E-state index in [9.17, 15) is 0 Å². The molecule has 0 saturated carbocycles. The maximum Gasteiger partial charge on any atom is 0.202 e. The number of hydrogen-bond donors (Lipinski definition) is 0. The fourth-order valence-electron chi connectivity index (χ4n) is 7.77. The van der Waals surface area contributed by atoms with Crippen molar-refractivity contribution >= 4 is 32.7 Å². The molecule has 44 heavy (non-hydrogen) atoms. The van der Waals surface area contributed by atoms with Gasteiger partial charge >= 0.3 is 0 Å². The third-order valence-electron chi connectivity index (χ3n) is 10.0. The van der Waals surface area contributed by atoms with Gasteiger partial charge < -0.3 is 4.42 Å². The standard InChI is InChI=1S/C41H40N2O/c1-27-15-8-11-18-33(27)40(3,4)36-20-14-21-38(43(36)7)41(5,37-19-12-13-24-42(37)6)34-26-32-31-23-22-29-16-9-10-17-30(29)39(31)44-35(32)25-28(34)2/h8-26H,1-7H3/q+2. The zero-order valence-corrected chi connectivity index (χ0v) is 26.8. The van der Waals surface area contributed by atoms with E-state index in [1.807, 2.05) is 0 Å². The summed E-state index contributed by atoms with van der Waals surface area (Å²) in [5, 5.41) is 4.64. The number of hydrogen-bond acceptors (Lipinski definition) is 1. The van der Waals surface area contributed by atoms with Gasteiger partial charge in [0, 0.05) is 40.4 Å². The third-order valence-corrected chi connectivity index (χ3v) is 10.0. The summed E-state index contributed by atoms with van der Waals surface area (Å²) < 4.78 is 11.3. The first-order chi connectivity index (χ1) is 21.1. The lowest BCUT2D eigenvalue weighted by atomic mass is 9.72. The van der Waals surface area contributed by atoms with Crippen LogP contribution in [0.4, 0.5) is 0 Å². The van der Waals surface area contributed by atoms with Crippen molar-refractivity contribution in [1.29, 1.82) is 0 Å². The van der Waals surface area contributed by atoms with E-state index in [0.29, 0.717) is 0 Å². The first-order valence-electron chi connectivity index (χ1n) is 15.5. The van der Waals surface area contributed by atoms with E-state index in [1.54, 1.807) is 0 Å². The highest BCUT2D eigenvalue weighted by Crippen LogP contribution is 2.43. The molecule has 4 aromatic carbocycles. The van der Waals surface area contributed by atoms with Gasteiger partial charge in [-0.2, -0.15) is 0 Å². The number of aryl methyl sites for hydroxylation is 3. The lowest BCUT2D eigenvalue weighted by molar-refractivity contribution is -0.702. The maximum absolute atomic E-state index is 6.59. The lowest BCUT2D eigenvalue weighted by Gasteiger charge is -2.30. The van der Waals surface area contributed by atoms with Crippen molar-refractivity contribution in [2.24, 2.45) is 14.1 Å². The topological polar surface area (TPSA) is 20.9 Å². The Morgan fingerprint density at radius 3 is 2.07 bits per heavy atom. The summed E-state index contributed by atoms with van der Waals surface area (Å²) >= 11 is 0. The largest absolute Gasteiger partial charge is 0.455 e. The fourth-order valence-corrected chi connectivity index (χ4v) is 7.77. The molecule has 1 atom stereocenters. The number of fused-ring (bicyclic) bond motifs is 5. The van der Waals surface area contributed by atoms with Gasteiger partial charge in [0.25, 0.3) is 0 Å². The van der Waals surface area contributed by atoms with Crippen LogP contribution in [0.15, 0.2) is 120 Å². The quantitative estimate of drug-likeness (QED) is 0.188. The highest BCUT2D eigenvalue weighted by atomic mass is 16.3. The summed E-state index contributed by atoms with van der Waals surface area (Å²) in [5.74, 6) is 0. The number of furan rings is 1. The molecule has 0 bridgehead atoms. The van der Waals surface area contributed by atoms with E-state index in [1.165, 1.54) is 44.7 Å². The highest BCUT2D eigenvalue weighted by molar-refractivity contribution is 6.15. The van der Waals surface area contributed by atoms with Crippen LogP contribution in [-0.2, 0) is 24.9 Å². The predicted molar refractivity (Wildman–Crippen MR) is 180 cm³/mol. The summed E-state index contributed by atoms with van der Waals surface area (Å²) in [6, 6.07) is 39.6. The van der Waals surface area contributed by atoms with Crippen LogP contribution in [0.5, 0.6) is 0 Å². The van der Waals surface area contributed by atoms with Crippen LogP contribution in [-0.4, -0.2) is 0 Å². The van der Waals surface area contributed by atoms with Gasteiger partial charge in [0.15, 0.2) is 17.3 Å². The second-order valence-corrected chi connectivity index (χ2v) is 13.0. The minimum Gasteiger partial charge on any atom is -0.455 e. The van der Waals surface area contributed by atoms with Crippen LogP contribution < -0.4 is 9.13 Å².